The van der Waals surface area contributed by atoms with E-state index in [-0.39, 0.29) is 18.0 Å². The molecule has 7 heteroatoms. The molecule has 24 heavy (non-hydrogen) atoms. The molecule has 0 aliphatic heterocycles. The largest absolute Gasteiger partial charge is 0.496 e. The maximum absolute atomic E-state index is 12.5. The zero-order chi connectivity index (χ0) is 17.3. The summed E-state index contributed by atoms with van der Waals surface area (Å²) in [6.07, 6.45) is 1.85. The second-order valence-corrected chi connectivity index (χ2v) is 5.46. The maximum atomic E-state index is 12.5. The van der Waals surface area contributed by atoms with E-state index in [1.54, 1.807) is 25.4 Å². The van der Waals surface area contributed by atoms with Crippen molar-refractivity contribution in [3.8, 4) is 11.6 Å². The van der Waals surface area contributed by atoms with Crippen LogP contribution in [0.25, 0.3) is 11.2 Å². The van der Waals surface area contributed by atoms with E-state index in [0.29, 0.717) is 22.7 Å². The Balaban J connectivity index is 1.90. The average Bonchev–Trinajstić information content (AvgIpc) is 3.01. The van der Waals surface area contributed by atoms with Gasteiger partial charge in [-0.1, -0.05) is 0 Å². The first-order valence-electron chi connectivity index (χ1n) is 7.46. The molecule has 0 unspecified atom stereocenters. The van der Waals surface area contributed by atoms with Gasteiger partial charge in [-0.15, -0.1) is 0 Å². The molecule has 3 rings (SSSR count). The first-order valence-corrected chi connectivity index (χ1v) is 7.46. The van der Waals surface area contributed by atoms with Gasteiger partial charge in [0.2, 0.25) is 11.7 Å². The monoisotopic (exact) mass is 326 g/mol. The van der Waals surface area contributed by atoms with Gasteiger partial charge in [-0.05, 0) is 19.9 Å². The van der Waals surface area contributed by atoms with Gasteiger partial charge < -0.3 is 14.5 Å². The minimum Gasteiger partial charge on any atom is -0.496 e. The Hall–Kier alpha value is -2.96. The van der Waals surface area contributed by atoms with E-state index < -0.39 is 0 Å². The Kier molecular flexibility index (Phi) is 4.16. The van der Waals surface area contributed by atoms with Crippen molar-refractivity contribution in [2.24, 2.45) is 0 Å². The van der Waals surface area contributed by atoms with Crippen LogP contribution in [0.3, 0.4) is 0 Å². The van der Waals surface area contributed by atoms with Crippen molar-refractivity contribution in [1.82, 2.24) is 19.9 Å². The van der Waals surface area contributed by atoms with Crippen molar-refractivity contribution in [3.63, 3.8) is 0 Å². The van der Waals surface area contributed by atoms with Crippen LogP contribution in [-0.4, -0.2) is 39.9 Å². The Labute approximate surface area is 139 Å². The van der Waals surface area contributed by atoms with E-state index >= 15 is 0 Å². The van der Waals surface area contributed by atoms with Gasteiger partial charge in [-0.3, -0.25) is 9.78 Å². The number of H-pyrrole nitrogens is 1. The van der Waals surface area contributed by atoms with Crippen molar-refractivity contribution in [2.75, 3.05) is 14.2 Å². The number of ketones is 1. The van der Waals surface area contributed by atoms with E-state index in [0.717, 1.165) is 16.9 Å². The fraction of sp³-hybridized carbons (Fsp3) is 0.294. The van der Waals surface area contributed by atoms with E-state index in [2.05, 4.69) is 19.9 Å². The average molecular weight is 326 g/mol. The van der Waals surface area contributed by atoms with Crippen LogP contribution in [0, 0.1) is 13.8 Å². The molecule has 0 spiro atoms. The molecule has 0 amide bonds. The second kappa shape index (κ2) is 6.27. The number of nitrogens with one attached hydrogen (secondary N) is 1. The molecule has 3 aromatic rings. The minimum atomic E-state index is -0.159. The van der Waals surface area contributed by atoms with Crippen LogP contribution >= 0.6 is 0 Å². The lowest BCUT2D eigenvalue weighted by molar-refractivity contribution is 0.0983. The van der Waals surface area contributed by atoms with Crippen LogP contribution in [-0.2, 0) is 6.42 Å². The van der Waals surface area contributed by atoms with Gasteiger partial charge in [-0.25, -0.2) is 4.98 Å². The Bertz CT molecular complexity index is 918. The SMILES string of the molecule is COc1ccc2[nH]c(C(=O)Cc3ncc(C)c(OC)c3C)nc2n1. The topological polar surface area (TPSA) is 90.0 Å². The molecular formula is C17H18N4O3. The summed E-state index contributed by atoms with van der Waals surface area (Å²) in [6, 6.07) is 3.49. The predicted molar refractivity (Wildman–Crippen MR) is 88.7 cm³/mol. The second-order valence-electron chi connectivity index (χ2n) is 5.46. The number of aryl methyl sites for hydroxylation is 1. The molecular weight excluding hydrogens is 308 g/mol. The molecule has 0 aliphatic carbocycles. The fourth-order valence-corrected chi connectivity index (χ4v) is 2.61. The summed E-state index contributed by atoms with van der Waals surface area (Å²) in [5.74, 6) is 1.30. The van der Waals surface area contributed by atoms with E-state index in [1.165, 1.54) is 7.11 Å². The van der Waals surface area contributed by atoms with E-state index in [4.69, 9.17) is 9.47 Å². The molecule has 0 aromatic carbocycles. The van der Waals surface area contributed by atoms with Crippen LogP contribution in [0.5, 0.6) is 11.6 Å². The van der Waals surface area contributed by atoms with Gasteiger partial charge >= 0.3 is 0 Å². The predicted octanol–water partition coefficient (Wildman–Crippen LogP) is 2.41. The standard InChI is InChI=1S/C17H18N4O3/c1-9-8-18-12(10(2)15(9)24-4)7-13(22)17-19-11-5-6-14(23-3)20-16(11)21-17/h5-6,8H,7H2,1-4H3,(H,19,20,21). The highest BCUT2D eigenvalue weighted by Gasteiger charge is 2.17. The number of rotatable bonds is 5. The minimum absolute atomic E-state index is 0.138. The zero-order valence-electron chi connectivity index (χ0n) is 14.0. The number of Topliss-reactive ketones (excluding diaryl/α,β-unsaturated/α-hetero) is 1. The lowest BCUT2D eigenvalue weighted by atomic mass is 10.1. The van der Waals surface area contributed by atoms with Gasteiger partial charge in [0, 0.05) is 23.4 Å². The molecule has 0 radical (unpaired) electrons. The summed E-state index contributed by atoms with van der Waals surface area (Å²) >= 11 is 0. The van der Waals surface area contributed by atoms with Crippen LogP contribution < -0.4 is 9.47 Å². The van der Waals surface area contributed by atoms with Gasteiger partial charge in [0.1, 0.15) is 5.75 Å². The highest BCUT2D eigenvalue weighted by atomic mass is 16.5. The van der Waals surface area contributed by atoms with Crippen molar-refractivity contribution >= 4 is 16.9 Å². The van der Waals surface area contributed by atoms with Gasteiger partial charge in [-0.2, -0.15) is 4.98 Å². The number of carbonyl (C=O) groups excluding carboxylic acids is 1. The summed E-state index contributed by atoms with van der Waals surface area (Å²) in [5.41, 5.74) is 3.61. The van der Waals surface area contributed by atoms with Crippen LogP contribution in [0.4, 0.5) is 0 Å². The molecule has 3 aromatic heterocycles. The number of hydrogen-bond acceptors (Lipinski definition) is 6. The molecule has 0 fully saturated rings. The summed E-state index contributed by atoms with van der Waals surface area (Å²) < 4.78 is 10.4. The van der Waals surface area contributed by atoms with Crippen LogP contribution in [0.15, 0.2) is 18.3 Å². The van der Waals surface area contributed by atoms with Crippen molar-refractivity contribution in [1.29, 1.82) is 0 Å². The number of ether oxygens (including phenoxy) is 2. The number of aromatic amines is 1. The van der Waals surface area contributed by atoms with Crippen molar-refractivity contribution in [2.45, 2.75) is 20.3 Å². The number of pyridine rings is 2. The number of fused-ring (bicyclic) bond motifs is 1. The maximum Gasteiger partial charge on any atom is 0.215 e. The Morgan fingerprint density at radius 1 is 1.17 bits per heavy atom. The molecule has 0 saturated carbocycles. The normalized spacial score (nSPS) is 10.8. The molecule has 0 bridgehead atoms. The van der Waals surface area contributed by atoms with Crippen molar-refractivity contribution in [3.05, 3.63) is 41.0 Å². The van der Waals surface area contributed by atoms with Crippen molar-refractivity contribution < 1.29 is 14.3 Å². The van der Waals surface area contributed by atoms with Crippen LogP contribution in [0.2, 0.25) is 0 Å². The Morgan fingerprint density at radius 2 is 1.96 bits per heavy atom. The first kappa shape index (κ1) is 15.9. The highest BCUT2D eigenvalue weighted by Crippen LogP contribution is 2.25. The molecule has 3 heterocycles. The summed E-state index contributed by atoms with van der Waals surface area (Å²) in [5, 5.41) is 0. The third kappa shape index (κ3) is 2.80. The molecule has 124 valence electrons. The van der Waals surface area contributed by atoms with E-state index in [9.17, 15) is 4.79 Å². The number of aromatic nitrogens is 4. The lowest BCUT2D eigenvalue weighted by Gasteiger charge is -2.11. The number of nitrogens with zero attached hydrogens (tertiary/aromatic N) is 3. The van der Waals surface area contributed by atoms with Crippen LogP contribution in [0.1, 0.15) is 27.4 Å². The van der Waals surface area contributed by atoms with Gasteiger partial charge in [0.15, 0.2) is 11.5 Å². The molecule has 0 aliphatic rings. The number of imidazole rings is 1. The zero-order valence-corrected chi connectivity index (χ0v) is 14.0. The first-order chi connectivity index (χ1) is 11.5. The smallest absolute Gasteiger partial charge is 0.215 e. The highest BCUT2D eigenvalue weighted by molar-refractivity contribution is 5.96. The number of carbonyl (C=O) groups is 1. The number of hydrogen-bond donors (Lipinski definition) is 1. The molecule has 7 nitrogen and oxygen atoms in total. The molecule has 0 saturated heterocycles. The third-order valence-electron chi connectivity index (χ3n) is 3.87. The molecule has 0 atom stereocenters. The van der Waals surface area contributed by atoms with Gasteiger partial charge in [0.25, 0.3) is 0 Å². The molecule has 1 N–H and O–H groups in total. The third-order valence-corrected chi connectivity index (χ3v) is 3.87. The Morgan fingerprint density at radius 3 is 2.67 bits per heavy atom. The summed E-state index contributed by atoms with van der Waals surface area (Å²) in [7, 11) is 3.14. The fourth-order valence-electron chi connectivity index (χ4n) is 2.61. The quantitative estimate of drug-likeness (QED) is 0.724. The summed E-state index contributed by atoms with van der Waals surface area (Å²) in [6.45, 7) is 3.81. The van der Waals surface area contributed by atoms with E-state index in [1.807, 2.05) is 13.8 Å². The summed E-state index contributed by atoms with van der Waals surface area (Å²) in [4.78, 5) is 28.3. The number of methoxy groups -OCH3 is 2. The van der Waals surface area contributed by atoms with Gasteiger partial charge in [0.05, 0.1) is 31.9 Å². The lowest BCUT2D eigenvalue weighted by Crippen LogP contribution is -2.09.